The predicted octanol–water partition coefficient (Wildman–Crippen LogP) is 2.54. The number of hydrogen-bond donors (Lipinski definition) is 0. The SMILES string of the molecule is COc1cc(OC)c(C(=O)N2CCN(S(=O)(=O)c3cc(C)sc3C)CC2)cc1OC. The molecule has 164 valence electrons. The molecule has 0 unspecified atom stereocenters. The first-order chi connectivity index (χ1) is 14.2. The molecule has 2 heterocycles. The smallest absolute Gasteiger partial charge is 0.257 e. The zero-order chi connectivity index (χ0) is 22.1. The molecule has 0 radical (unpaired) electrons. The number of carbonyl (C=O) groups is 1. The van der Waals surface area contributed by atoms with Gasteiger partial charge in [0, 0.05) is 48.1 Å². The Labute approximate surface area is 181 Å². The Bertz CT molecular complexity index is 1040. The number of nitrogens with zero attached hydrogens (tertiary/aromatic N) is 2. The maximum absolute atomic E-state index is 13.1. The van der Waals surface area contributed by atoms with E-state index >= 15 is 0 Å². The molecule has 1 fully saturated rings. The van der Waals surface area contributed by atoms with Gasteiger partial charge in [-0.15, -0.1) is 11.3 Å². The Kier molecular flexibility index (Phi) is 6.59. The summed E-state index contributed by atoms with van der Waals surface area (Å²) < 4.78 is 43.4. The Morgan fingerprint density at radius 1 is 0.900 bits per heavy atom. The van der Waals surface area contributed by atoms with E-state index in [2.05, 4.69) is 0 Å². The van der Waals surface area contributed by atoms with Crippen molar-refractivity contribution in [2.75, 3.05) is 47.5 Å². The third-order valence-electron chi connectivity index (χ3n) is 5.08. The quantitative estimate of drug-likeness (QED) is 0.667. The van der Waals surface area contributed by atoms with Gasteiger partial charge in [0.1, 0.15) is 5.75 Å². The molecule has 0 atom stereocenters. The molecule has 3 rings (SSSR count). The van der Waals surface area contributed by atoms with Crippen LogP contribution in [0.25, 0.3) is 0 Å². The maximum Gasteiger partial charge on any atom is 0.257 e. The van der Waals surface area contributed by atoms with E-state index in [4.69, 9.17) is 14.2 Å². The molecular formula is C20H26N2O6S2. The largest absolute Gasteiger partial charge is 0.496 e. The van der Waals surface area contributed by atoms with E-state index in [1.165, 1.54) is 37.0 Å². The van der Waals surface area contributed by atoms with Crippen LogP contribution in [0.5, 0.6) is 17.2 Å². The van der Waals surface area contributed by atoms with Crippen LogP contribution >= 0.6 is 11.3 Å². The molecular weight excluding hydrogens is 428 g/mol. The van der Waals surface area contributed by atoms with E-state index in [0.717, 1.165) is 9.75 Å². The average molecular weight is 455 g/mol. The van der Waals surface area contributed by atoms with Gasteiger partial charge in [-0.2, -0.15) is 4.31 Å². The summed E-state index contributed by atoms with van der Waals surface area (Å²) in [6.07, 6.45) is 0. The fraction of sp³-hybridized carbons (Fsp3) is 0.450. The molecule has 1 aromatic heterocycles. The molecule has 0 aliphatic carbocycles. The van der Waals surface area contributed by atoms with Crippen molar-refractivity contribution in [3.63, 3.8) is 0 Å². The van der Waals surface area contributed by atoms with Crippen molar-refractivity contribution >= 4 is 27.3 Å². The second kappa shape index (κ2) is 8.83. The van der Waals surface area contributed by atoms with E-state index in [9.17, 15) is 13.2 Å². The number of aryl methyl sites for hydroxylation is 2. The van der Waals surface area contributed by atoms with E-state index in [0.29, 0.717) is 27.7 Å². The number of benzene rings is 1. The molecule has 8 nitrogen and oxygen atoms in total. The lowest BCUT2D eigenvalue weighted by Gasteiger charge is -2.34. The Morgan fingerprint density at radius 2 is 1.47 bits per heavy atom. The maximum atomic E-state index is 13.1. The van der Waals surface area contributed by atoms with Gasteiger partial charge in [0.25, 0.3) is 5.91 Å². The lowest BCUT2D eigenvalue weighted by molar-refractivity contribution is 0.0694. The fourth-order valence-electron chi connectivity index (χ4n) is 3.50. The predicted molar refractivity (Wildman–Crippen MR) is 115 cm³/mol. The van der Waals surface area contributed by atoms with Crippen LogP contribution in [0.15, 0.2) is 23.1 Å². The van der Waals surface area contributed by atoms with Crippen molar-refractivity contribution in [3.05, 3.63) is 33.5 Å². The molecule has 1 aromatic carbocycles. The minimum absolute atomic E-state index is 0.234. The lowest BCUT2D eigenvalue weighted by Crippen LogP contribution is -2.50. The average Bonchev–Trinajstić information content (AvgIpc) is 3.10. The lowest BCUT2D eigenvalue weighted by atomic mass is 10.1. The van der Waals surface area contributed by atoms with Gasteiger partial charge in [-0.1, -0.05) is 0 Å². The van der Waals surface area contributed by atoms with Crippen LogP contribution < -0.4 is 14.2 Å². The molecule has 0 bridgehead atoms. The highest BCUT2D eigenvalue weighted by Crippen LogP contribution is 2.35. The number of ether oxygens (including phenoxy) is 3. The molecule has 0 N–H and O–H groups in total. The van der Waals surface area contributed by atoms with Crippen molar-refractivity contribution < 1.29 is 27.4 Å². The first-order valence-corrected chi connectivity index (χ1v) is 11.6. The number of piperazine rings is 1. The van der Waals surface area contributed by atoms with Gasteiger partial charge in [0.05, 0.1) is 31.8 Å². The number of sulfonamides is 1. The Balaban J connectivity index is 1.78. The molecule has 1 aliphatic heterocycles. The van der Waals surface area contributed by atoms with E-state index in [-0.39, 0.29) is 32.1 Å². The van der Waals surface area contributed by atoms with Crippen LogP contribution in [-0.2, 0) is 10.0 Å². The van der Waals surface area contributed by atoms with Crippen LogP contribution in [0.3, 0.4) is 0 Å². The Morgan fingerprint density at radius 3 is 1.97 bits per heavy atom. The zero-order valence-corrected chi connectivity index (χ0v) is 19.4. The van der Waals surface area contributed by atoms with E-state index in [1.54, 1.807) is 23.1 Å². The standard InChI is InChI=1S/C20H26N2O6S2/c1-13-10-19(14(2)29-13)30(24,25)22-8-6-21(7-9-22)20(23)15-11-17(27-4)18(28-5)12-16(15)26-3/h10-12H,6-9H2,1-5H3. The minimum atomic E-state index is -3.57. The topological polar surface area (TPSA) is 85.4 Å². The van der Waals surface area contributed by atoms with E-state index < -0.39 is 10.0 Å². The summed E-state index contributed by atoms with van der Waals surface area (Å²) in [5, 5.41) is 0. The van der Waals surface area contributed by atoms with Gasteiger partial charge in [-0.05, 0) is 19.9 Å². The van der Waals surface area contributed by atoms with Crippen molar-refractivity contribution in [2.45, 2.75) is 18.7 Å². The van der Waals surface area contributed by atoms with Crippen LogP contribution in [0.2, 0.25) is 0 Å². The molecule has 1 saturated heterocycles. The number of carbonyl (C=O) groups excluding carboxylic acids is 1. The number of methoxy groups -OCH3 is 3. The highest BCUT2D eigenvalue weighted by Gasteiger charge is 2.33. The van der Waals surface area contributed by atoms with Gasteiger partial charge in [0.2, 0.25) is 10.0 Å². The first-order valence-electron chi connectivity index (χ1n) is 9.39. The highest BCUT2D eigenvalue weighted by atomic mass is 32.2. The molecule has 0 spiro atoms. The monoisotopic (exact) mass is 454 g/mol. The highest BCUT2D eigenvalue weighted by molar-refractivity contribution is 7.89. The normalized spacial score (nSPS) is 15.2. The molecule has 30 heavy (non-hydrogen) atoms. The van der Waals surface area contributed by atoms with E-state index in [1.807, 2.05) is 13.8 Å². The number of hydrogen-bond acceptors (Lipinski definition) is 7. The first kappa shape index (κ1) is 22.4. The minimum Gasteiger partial charge on any atom is -0.496 e. The summed E-state index contributed by atoms with van der Waals surface area (Å²) in [5.74, 6) is 1.01. The van der Waals surface area contributed by atoms with Gasteiger partial charge in [0.15, 0.2) is 11.5 Å². The molecule has 1 amide bonds. The molecule has 0 saturated carbocycles. The zero-order valence-electron chi connectivity index (χ0n) is 17.7. The van der Waals surface area contributed by atoms with Gasteiger partial charge in [-0.3, -0.25) is 4.79 Å². The van der Waals surface area contributed by atoms with Crippen LogP contribution in [0.1, 0.15) is 20.1 Å². The third-order valence-corrected chi connectivity index (χ3v) is 8.20. The molecule has 1 aliphatic rings. The number of rotatable bonds is 6. The van der Waals surface area contributed by atoms with Crippen molar-refractivity contribution in [2.24, 2.45) is 0 Å². The van der Waals surface area contributed by atoms with Crippen molar-refractivity contribution in [3.8, 4) is 17.2 Å². The summed E-state index contributed by atoms with van der Waals surface area (Å²) in [6.45, 7) is 4.75. The number of thiophene rings is 1. The van der Waals surface area contributed by atoms with Crippen LogP contribution in [-0.4, -0.2) is 71.0 Å². The second-order valence-corrected chi connectivity index (χ2v) is 10.2. The summed E-state index contributed by atoms with van der Waals surface area (Å²) in [7, 11) is 0.912. The summed E-state index contributed by atoms with van der Waals surface area (Å²) in [4.78, 5) is 16.8. The van der Waals surface area contributed by atoms with Crippen LogP contribution in [0, 0.1) is 13.8 Å². The third kappa shape index (κ3) is 4.12. The fourth-order valence-corrected chi connectivity index (χ4v) is 6.45. The van der Waals surface area contributed by atoms with Gasteiger partial charge in [-0.25, -0.2) is 8.42 Å². The summed E-state index contributed by atoms with van der Waals surface area (Å²) in [5.41, 5.74) is 0.343. The summed E-state index contributed by atoms with van der Waals surface area (Å²) in [6, 6.07) is 4.90. The second-order valence-electron chi connectivity index (χ2n) is 6.88. The van der Waals surface area contributed by atoms with Crippen molar-refractivity contribution in [1.82, 2.24) is 9.21 Å². The summed E-state index contributed by atoms with van der Waals surface area (Å²) >= 11 is 1.47. The number of amides is 1. The van der Waals surface area contributed by atoms with Gasteiger partial charge >= 0.3 is 0 Å². The molecule has 10 heteroatoms. The van der Waals surface area contributed by atoms with Crippen LogP contribution in [0.4, 0.5) is 0 Å². The van der Waals surface area contributed by atoms with Gasteiger partial charge < -0.3 is 19.1 Å². The Hall–Kier alpha value is -2.30. The van der Waals surface area contributed by atoms with Crippen molar-refractivity contribution in [1.29, 1.82) is 0 Å². The molecule has 2 aromatic rings.